The van der Waals surface area contributed by atoms with Gasteiger partial charge < -0.3 is 15.0 Å². The van der Waals surface area contributed by atoms with Gasteiger partial charge in [0.2, 0.25) is 5.91 Å². The Balaban J connectivity index is 1.88. The topological polar surface area (TPSA) is 58.6 Å². The molecule has 0 saturated heterocycles. The maximum absolute atomic E-state index is 13.4. The number of carbonyl (C=O) groups is 2. The molecule has 0 aromatic heterocycles. The molecule has 0 aliphatic heterocycles. The van der Waals surface area contributed by atoms with Crippen molar-refractivity contribution in [3.63, 3.8) is 0 Å². The normalized spacial score (nSPS) is 11.3. The summed E-state index contributed by atoms with van der Waals surface area (Å²) in [4.78, 5) is 27.9. The van der Waals surface area contributed by atoms with Crippen molar-refractivity contribution in [3.05, 3.63) is 115 Å². The summed E-state index contributed by atoms with van der Waals surface area (Å²) in [5.74, 6) is -0.455. The molecule has 0 saturated carbocycles. The zero-order valence-corrected chi connectivity index (χ0v) is 18.3. The van der Waals surface area contributed by atoms with Crippen LogP contribution in [-0.2, 0) is 22.6 Å². The molecule has 6 heteroatoms. The zero-order valence-electron chi connectivity index (χ0n) is 18.3. The standard InChI is InChI=1S/C27H27FN2O3/c1-2-17-29-27(32)25(18-21-9-5-3-6-10-21)30(19-22-13-15-23(28)16-14-22)26(31)20-33-24-11-7-4-8-12-24/h2-16,25H,1,17-20H2,(H,29,32)/t25-/m0/s1. The predicted molar refractivity (Wildman–Crippen MR) is 126 cm³/mol. The van der Waals surface area contributed by atoms with E-state index in [9.17, 15) is 14.0 Å². The van der Waals surface area contributed by atoms with Gasteiger partial charge in [0.1, 0.15) is 17.6 Å². The largest absolute Gasteiger partial charge is 0.484 e. The lowest BCUT2D eigenvalue weighted by atomic mass is 10.0. The van der Waals surface area contributed by atoms with E-state index < -0.39 is 6.04 Å². The summed E-state index contributed by atoms with van der Waals surface area (Å²) in [6, 6.07) is 23.6. The molecule has 0 heterocycles. The van der Waals surface area contributed by atoms with Crippen LogP contribution in [0.25, 0.3) is 0 Å². The van der Waals surface area contributed by atoms with Crippen molar-refractivity contribution in [3.8, 4) is 5.75 Å². The number of hydrogen-bond donors (Lipinski definition) is 1. The van der Waals surface area contributed by atoms with Crippen LogP contribution in [-0.4, -0.2) is 35.9 Å². The van der Waals surface area contributed by atoms with E-state index >= 15 is 0 Å². The van der Waals surface area contributed by atoms with Crippen molar-refractivity contribution in [2.24, 2.45) is 0 Å². The van der Waals surface area contributed by atoms with Crippen LogP contribution >= 0.6 is 0 Å². The van der Waals surface area contributed by atoms with E-state index in [0.29, 0.717) is 17.7 Å². The minimum absolute atomic E-state index is 0.135. The van der Waals surface area contributed by atoms with Crippen LogP contribution in [0.3, 0.4) is 0 Å². The molecule has 33 heavy (non-hydrogen) atoms. The maximum Gasteiger partial charge on any atom is 0.261 e. The first-order valence-electron chi connectivity index (χ1n) is 10.7. The van der Waals surface area contributed by atoms with Gasteiger partial charge in [-0.25, -0.2) is 4.39 Å². The van der Waals surface area contributed by atoms with Crippen molar-refractivity contribution >= 4 is 11.8 Å². The highest BCUT2D eigenvalue weighted by Gasteiger charge is 2.30. The first-order valence-corrected chi connectivity index (χ1v) is 10.7. The van der Waals surface area contributed by atoms with Crippen LogP contribution < -0.4 is 10.1 Å². The number of nitrogens with zero attached hydrogens (tertiary/aromatic N) is 1. The number of rotatable bonds is 11. The lowest BCUT2D eigenvalue weighted by molar-refractivity contribution is -0.142. The molecule has 0 aliphatic carbocycles. The van der Waals surface area contributed by atoms with Gasteiger partial charge in [-0.2, -0.15) is 0 Å². The summed E-state index contributed by atoms with van der Waals surface area (Å²) >= 11 is 0. The molecule has 0 aliphatic rings. The molecule has 0 bridgehead atoms. The summed E-state index contributed by atoms with van der Waals surface area (Å²) in [6.45, 7) is 3.83. The fraction of sp³-hybridized carbons (Fsp3) is 0.185. The molecule has 3 aromatic rings. The molecule has 5 nitrogen and oxygen atoms in total. The van der Waals surface area contributed by atoms with Crippen LogP contribution in [0.15, 0.2) is 97.6 Å². The number of benzene rings is 3. The molecule has 2 amide bonds. The second-order valence-corrected chi connectivity index (χ2v) is 7.49. The molecule has 3 rings (SSSR count). The maximum atomic E-state index is 13.4. The van der Waals surface area contributed by atoms with Gasteiger partial charge in [0.05, 0.1) is 0 Å². The molecular formula is C27H27FN2O3. The van der Waals surface area contributed by atoms with Gasteiger partial charge in [-0.05, 0) is 35.4 Å². The van der Waals surface area contributed by atoms with Crippen molar-refractivity contribution in [2.75, 3.05) is 13.2 Å². The lowest BCUT2D eigenvalue weighted by Gasteiger charge is -2.31. The lowest BCUT2D eigenvalue weighted by Crippen LogP contribution is -2.51. The van der Waals surface area contributed by atoms with Gasteiger partial charge in [-0.15, -0.1) is 6.58 Å². The predicted octanol–water partition coefficient (Wildman–Crippen LogP) is 4.15. The highest BCUT2D eigenvalue weighted by molar-refractivity contribution is 5.88. The average Bonchev–Trinajstić information content (AvgIpc) is 2.85. The number of amides is 2. The Morgan fingerprint density at radius 3 is 2.21 bits per heavy atom. The number of ether oxygens (including phenoxy) is 1. The molecule has 0 fully saturated rings. The Bertz CT molecular complexity index is 1040. The Morgan fingerprint density at radius 1 is 0.939 bits per heavy atom. The smallest absolute Gasteiger partial charge is 0.261 e. The third kappa shape index (κ3) is 7.31. The van der Waals surface area contributed by atoms with Crippen LogP contribution in [0.4, 0.5) is 4.39 Å². The first kappa shape index (κ1) is 23.7. The molecule has 0 spiro atoms. The van der Waals surface area contributed by atoms with Crippen molar-refractivity contribution in [1.29, 1.82) is 0 Å². The third-order valence-corrected chi connectivity index (χ3v) is 5.06. The molecular weight excluding hydrogens is 419 g/mol. The Hall–Kier alpha value is -3.93. The van der Waals surface area contributed by atoms with E-state index in [1.807, 2.05) is 48.5 Å². The molecule has 0 unspecified atom stereocenters. The van der Waals surface area contributed by atoms with E-state index in [1.54, 1.807) is 30.3 Å². The third-order valence-electron chi connectivity index (χ3n) is 5.06. The first-order chi connectivity index (χ1) is 16.1. The Kier molecular flexibility index (Phi) is 8.77. The number of carbonyl (C=O) groups excluding carboxylic acids is 2. The van der Waals surface area contributed by atoms with Crippen molar-refractivity contribution in [2.45, 2.75) is 19.0 Å². The van der Waals surface area contributed by atoms with Gasteiger partial charge in [-0.3, -0.25) is 9.59 Å². The van der Waals surface area contributed by atoms with Crippen LogP contribution in [0.1, 0.15) is 11.1 Å². The summed E-state index contributed by atoms with van der Waals surface area (Å²) < 4.78 is 19.1. The fourth-order valence-electron chi connectivity index (χ4n) is 3.38. The monoisotopic (exact) mass is 446 g/mol. The van der Waals surface area contributed by atoms with Gasteiger partial charge in [0, 0.05) is 19.5 Å². The molecule has 3 aromatic carbocycles. The molecule has 170 valence electrons. The number of nitrogens with one attached hydrogen (secondary N) is 1. The SMILES string of the molecule is C=CCNC(=O)[C@H](Cc1ccccc1)N(Cc1ccc(F)cc1)C(=O)COc1ccccc1. The Morgan fingerprint density at radius 2 is 1.58 bits per heavy atom. The molecule has 1 atom stereocenters. The molecule has 0 radical (unpaired) electrons. The minimum atomic E-state index is -0.788. The minimum Gasteiger partial charge on any atom is -0.484 e. The van der Waals surface area contributed by atoms with E-state index in [2.05, 4.69) is 11.9 Å². The summed E-state index contributed by atoms with van der Waals surface area (Å²) in [6.07, 6.45) is 1.91. The Labute approximate surface area is 193 Å². The van der Waals surface area contributed by atoms with Gasteiger partial charge in [-0.1, -0.05) is 66.7 Å². The average molecular weight is 447 g/mol. The zero-order chi connectivity index (χ0) is 23.5. The highest BCUT2D eigenvalue weighted by Crippen LogP contribution is 2.16. The summed E-state index contributed by atoms with van der Waals surface area (Å²) in [5, 5.41) is 2.81. The summed E-state index contributed by atoms with van der Waals surface area (Å²) in [5.41, 5.74) is 1.62. The van der Waals surface area contributed by atoms with Crippen molar-refractivity contribution in [1.82, 2.24) is 10.2 Å². The number of para-hydroxylation sites is 1. The van der Waals surface area contributed by atoms with Gasteiger partial charge >= 0.3 is 0 Å². The van der Waals surface area contributed by atoms with E-state index in [0.717, 1.165) is 5.56 Å². The van der Waals surface area contributed by atoms with Gasteiger partial charge in [0.25, 0.3) is 5.91 Å². The van der Waals surface area contributed by atoms with Crippen LogP contribution in [0.5, 0.6) is 5.75 Å². The summed E-state index contributed by atoms with van der Waals surface area (Å²) in [7, 11) is 0. The van der Waals surface area contributed by atoms with E-state index in [-0.39, 0.29) is 37.3 Å². The highest BCUT2D eigenvalue weighted by atomic mass is 19.1. The van der Waals surface area contributed by atoms with Gasteiger partial charge in [0.15, 0.2) is 6.61 Å². The van der Waals surface area contributed by atoms with Crippen LogP contribution in [0.2, 0.25) is 0 Å². The molecule has 1 N–H and O–H groups in total. The van der Waals surface area contributed by atoms with E-state index in [1.165, 1.54) is 17.0 Å². The van der Waals surface area contributed by atoms with Crippen LogP contribution in [0, 0.1) is 5.82 Å². The second-order valence-electron chi connectivity index (χ2n) is 7.49. The second kappa shape index (κ2) is 12.2. The van der Waals surface area contributed by atoms with E-state index in [4.69, 9.17) is 4.74 Å². The fourth-order valence-corrected chi connectivity index (χ4v) is 3.38. The number of hydrogen-bond acceptors (Lipinski definition) is 3. The van der Waals surface area contributed by atoms with Crippen molar-refractivity contribution < 1.29 is 18.7 Å². The quantitative estimate of drug-likeness (QED) is 0.450. The number of halogens is 1.